The minimum absolute atomic E-state index is 0.0380. The first-order chi connectivity index (χ1) is 8.46. The highest BCUT2D eigenvalue weighted by atomic mass is 16.5. The molecule has 3 atom stereocenters. The molecule has 2 heteroatoms. The van der Waals surface area contributed by atoms with Gasteiger partial charge in [0.2, 0.25) is 0 Å². The van der Waals surface area contributed by atoms with Crippen molar-refractivity contribution in [3.63, 3.8) is 0 Å². The number of aliphatic hydroxyl groups is 1. The SMILES string of the molecule is CC(C)(C)OC1CC(c2ccccc2)CCC1O. The number of ether oxygens (including phenoxy) is 1. The summed E-state index contributed by atoms with van der Waals surface area (Å²) in [6.45, 7) is 6.14. The normalized spacial score (nSPS) is 29.2. The van der Waals surface area contributed by atoms with E-state index in [1.54, 1.807) is 0 Å². The summed E-state index contributed by atoms with van der Waals surface area (Å²) in [5, 5.41) is 10.1. The Labute approximate surface area is 110 Å². The third-order valence-corrected chi connectivity index (χ3v) is 3.53. The summed E-state index contributed by atoms with van der Waals surface area (Å²) in [6.07, 6.45) is 2.45. The van der Waals surface area contributed by atoms with Gasteiger partial charge in [0.25, 0.3) is 0 Å². The van der Waals surface area contributed by atoms with Crippen molar-refractivity contribution in [3.8, 4) is 0 Å². The predicted octanol–water partition coefficient (Wildman–Crippen LogP) is 3.50. The Morgan fingerprint density at radius 3 is 2.39 bits per heavy atom. The Morgan fingerprint density at radius 2 is 1.78 bits per heavy atom. The molecule has 1 saturated carbocycles. The Hall–Kier alpha value is -0.860. The lowest BCUT2D eigenvalue weighted by Crippen LogP contribution is -2.40. The summed E-state index contributed by atoms with van der Waals surface area (Å²) in [6, 6.07) is 10.6. The fraction of sp³-hybridized carbons (Fsp3) is 0.625. The van der Waals surface area contributed by atoms with Gasteiger partial charge in [-0.1, -0.05) is 30.3 Å². The number of aliphatic hydroxyl groups excluding tert-OH is 1. The molecular formula is C16H24O2. The van der Waals surface area contributed by atoms with E-state index in [0.717, 1.165) is 19.3 Å². The molecule has 0 saturated heterocycles. The van der Waals surface area contributed by atoms with Gasteiger partial charge in [0.05, 0.1) is 17.8 Å². The fourth-order valence-electron chi connectivity index (χ4n) is 2.72. The molecule has 1 fully saturated rings. The van der Waals surface area contributed by atoms with Crippen LogP contribution in [0, 0.1) is 0 Å². The van der Waals surface area contributed by atoms with E-state index in [2.05, 4.69) is 24.3 Å². The van der Waals surface area contributed by atoms with Crippen LogP contribution in [0.4, 0.5) is 0 Å². The maximum atomic E-state index is 10.1. The van der Waals surface area contributed by atoms with Gasteiger partial charge in [-0.25, -0.2) is 0 Å². The molecular weight excluding hydrogens is 224 g/mol. The summed E-state index contributed by atoms with van der Waals surface area (Å²) >= 11 is 0. The molecule has 0 bridgehead atoms. The molecule has 100 valence electrons. The smallest absolute Gasteiger partial charge is 0.0846 e. The number of hydrogen-bond acceptors (Lipinski definition) is 2. The monoisotopic (exact) mass is 248 g/mol. The molecule has 0 heterocycles. The average Bonchev–Trinajstić information content (AvgIpc) is 2.31. The molecule has 0 aromatic heterocycles. The molecule has 0 radical (unpaired) electrons. The minimum Gasteiger partial charge on any atom is -0.390 e. The molecule has 1 aliphatic carbocycles. The molecule has 1 N–H and O–H groups in total. The summed E-state index contributed by atoms with van der Waals surface area (Å²) < 4.78 is 5.99. The van der Waals surface area contributed by atoms with Crippen molar-refractivity contribution in [2.24, 2.45) is 0 Å². The standard InChI is InChI=1S/C16H24O2/c1-16(2,3)18-15-11-13(9-10-14(15)17)12-7-5-4-6-8-12/h4-8,13-15,17H,9-11H2,1-3H3. The van der Waals surface area contributed by atoms with Gasteiger partial charge in [0.15, 0.2) is 0 Å². The quantitative estimate of drug-likeness (QED) is 0.868. The van der Waals surface area contributed by atoms with Crippen molar-refractivity contribution in [2.45, 2.75) is 63.8 Å². The summed E-state index contributed by atoms with van der Waals surface area (Å²) in [5.41, 5.74) is 1.18. The molecule has 18 heavy (non-hydrogen) atoms. The Bertz CT molecular complexity index is 366. The van der Waals surface area contributed by atoms with E-state index in [1.165, 1.54) is 5.56 Å². The first-order valence-corrected chi connectivity index (χ1v) is 6.86. The van der Waals surface area contributed by atoms with Crippen molar-refractivity contribution in [2.75, 3.05) is 0 Å². The predicted molar refractivity (Wildman–Crippen MR) is 73.7 cm³/mol. The van der Waals surface area contributed by atoms with Gasteiger partial charge in [-0.15, -0.1) is 0 Å². The lowest BCUT2D eigenvalue weighted by Gasteiger charge is -2.37. The summed E-state index contributed by atoms with van der Waals surface area (Å²) in [4.78, 5) is 0. The largest absolute Gasteiger partial charge is 0.390 e. The van der Waals surface area contributed by atoms with Gasteiger partial charge in [0.1, 0.15) is 0 Å². The van der Waals surface area contributed by atoms with Crippen LogP contribution >= 0.6 is 0 Å². The van der Waals surface area contributed by atoms with Crippen molar-refractivity contribution in [3.05, 3.63) is 35.9 Å². The van der Waals surface area contributed by atoms with Crippen molar-refractivity contribution < 1.29 is 9.84 Å². The topological polar surface area (TPSA) is 29.5 Å². The highest BCUT2D eigenvalue weighted by Gasteiger charge is 2.33. The van der Waals surface area contributed by atoms with Crippen LogP contribution < -0.4 is 0 Å². The van der Waals surface area contributed by atoms with Crippen LogP contribution in [0.3, 0.4) is 0 Å². The Morgan fingerprint density at radius 1 is 1.11 bits per heavy atom. The maximum Gasteiger partial charge on any atom is 0.0846 e. The van der Waals surface area contributed by atoms with Gasteiger partial charge in [0, 0.05) is 0 Å². The summed E-state index contributed by atoms with van der Waals surface area (Å²) in [5.74, 6) is 0.516. The second kappa shape index (κ2) is 5.41. The van der Waals surface area contributed by atoms with Crippen LogP contribution in [0.15, 0.2) is 30.3 Å². The fourth-order valence-corrected chi connectivity index (χ4v) is 2.72. The van der Waals surface area contributed by atoms with Crippen LogP contribution in [0.25, 0.3) is 0 Å². The molecule has 2 rings (SSSR count). The number of hydrogen-bond donors (Lipinski definition) is 1. The third kappa shape index (κ3) is 3.56. The van der Waals surface area contributed by atoms with Crippen LogP contribution in [0.2, 0.25) is 0 Å². The Balaban J connectivity index is 2.05. The average molecular weight is 248 g/mol. The van der Waals surface area contributed by atoms with Crippen molar-refractivity contribution >= 4 is 0 Å². The molecule has 0 aliphatic heterocycles. The van der Waals surface area contributed by atoms with Crippen molar-refractivity contribution in [1.82, 2.24) is 0 Å². The van der Waals surface area contributed by atoms with Crippen LogP contribution in [0.1, 0.15) is 51.5 Å². The number of rotatable bonds is 2. The minimum atomic E-state index is -0.316. The Kier molecular flexibility index (Phi) is 4.08. The van der Waals surface area contributed by atoms with Gasteiger partial charge in [-0.2, -0.15) is 0 Å². The molecule has 0 amide bonds. The lowest BCUT2D eigenvalue weighted by atomic mass is 9.81. The first kappa shape index (κ1) is 13.6. The van der Waals surface area contributed by atoms with Gasteiger partial charge < -0.3 is 9.84 Å². The van der Waals surface area contributed by atoms with Crippen LogP contribution in [-0.2, 0) is 4.74 Å². The zero-order valence-corrected chi connectivity index (χ0v) is 11.6. The second-order valence-electron chi connectivity index (χ2n) is 6.26. The van der Waals surface area contributed by atoms with E-state index < -0.39 is 0 Å². The highest BCUT2D eigenvalue weighted by Crippen LogP contribution is 2.35. The molecule has 1 aliphatic rings. The molecule has 1 aromatic rings. The lowest BCUT2D eigenvalue weighted by molar-refractivity contribution is -0.127. The van der Waals surface area contributed by atoms with Crippen LogP contribution in [0.5, 0.6) is 0 Å². The number of benzene rings is 1. The van der Waals surface area contributed by atoms with E-state index in [-0.39, 0.29) is 17.8 Å². The van der Waals surface area contributed by atoms with Gasteiger partial charge >= 0.3 is 0 Å². The van der Waals surface area contributed by atoms with Crippen LogP contribution in [-0.4, -0.2) is 22.9 Å². The molecule has 2 nitrogen and oxygen atoms in total. The zero-order chi connectivity index (χ0) is 13.2. The summed E-state index contributed by atoms with van der Waals surface area (Å²) in [7, 11) is 0. The molecule has 1 aromatic carbocycles. The van der Waals surface area contributed by atoms with E-state index >= 15 is 0 Å². The van der Waals surface area contributed by atoms with Gasteiger partial charge in [-0.3, -0.25) is 0 Å². The second-order valence-corrected chi connectivity index (χ2v) is 6.26. The maximum absolute atomic E-state index is 10.1. The first-order valence-electron chi connectivity index (χ1n) is 6.86. The highest BCUT2D eigenvalue weighted by molar-refractivity contribution is 5.20. The van der Waals surface area contributed by atoms with E-state index in [4.69, 9.17) is 4.74 Å². The zero-order valence-electron chi connectivity index (χ0n) is 11.6. The van der Waals surface area contributed by atoms with E-state index in [0.29, 0.717) is 5.92 Å². The molecule has 3 unspecified atom stereocenters. The third-order valence-electron chi connectivity index (χ3n) is 3.53. The van der Waals surface area contributed by atoms with Gasteiger partial charge in [-0.05, 0) is 51.5 Å². The van der Waals surface area contributed by atoms with Crippen molar-refractivity contribution in [1.29, 1.82) is 0 Å². The molecule has 0 spiro atoms. The van der Waals surface area contributed by atoms with E-state index in [1.807, 2.05) is 26.8 Å². The van der Waals surface area contributed by atoms with E-state index in [9.17, 15) is 5.11 Å².